The first-order valence-electron chi connectivity index (χ1n) is 30.4. The smallest absolute Gasteiger partial charge is 0.0620 e. The predicted octanol–water partition coefficient (Wildman–Crippen LogP) is 24.0. The van der Waals surface area contributed by atoms with E-state index in [1.807, 2.05) is 11.3 Å². The van der Waals surface area contributed by atoms with Crippen molar-refractivity contribution in [2.24, 2.45) is 0 Å². The topological polar surface area (TPSA) is 20.2 Å². The molecule has 0 radical (unpaired) electrons. The van der Waals surface area contributed by atoms with E-state index in [0.29, 0.717) is 0 Å². The third-order valence-corrected chi connectivity index (χ3v) is 19.6. The normalized spacial score (nSPS) is 12.9. The fraction of sp³-hybridized carbons (Fsp3) is 0.195. The molecule has 416 valence electrons. The van der Waals surface area contributed by atoms with Gasteiger partial charge in [0.05, 0.1) is 22.1 Å². The van der Waals surface area contributed by atoms with Crippen LogP contribution in [0.5, 0.6) is 0 Å². The monoisotopic (exact) mass is 1120 g/mol. The molecule has 0 saturated heterocycles. The Morgan fingerprint density at radius 1 is 0.294 bits per heavy atom. The Bertz CT molecular complexity index is 5060. The van der Waals surface area contributed by atoms with E-state index in [0.717, 1.165) is 5.52 Å². The lowest BCUT2D eigenvalue weighted by atomic mass is 9.78. The third-order valence-electron chi connectivity index (χ3n) is 18.4. The van der Waals surface area contributed by atoms with E-state index in [-0.39, 0.29) is 21.7 Å². The van der Waals surface area contributed by atoms with Crippen LogP contribution in [0.15, 0.2) is 212 Å². The number of hydrogen-bond donors (Lipinski definition) is 1. The lowest BCUT2D eigenvalue weighted by Crippen LogP contribution is -2.16. The molecule has 85 heavy (non-hydrogen) atoms. The lowest BCUT2D eigenvalue weighted by molar-refractivity contribution is 0.568. The van der Waals surface area contributed by atoms with Crippen LogP contribution in [0.3, 0.4) is 0 Å². The highest BCUT2D eigenvalue weighted by Crippen LogP contribution is 2.50. The van der Waals surface area contributed by atoms with E-state index in [9.17, 15) is 0 Å². The molecule has 0 unspecified atom stereocenters. The fourth-order valence-electron chi connectivity index (χ4n) is 13.4. The Hall–Kier alpha value is -8.76. The van der Waals surface area contributed by atoms with Gasteiger partial charge >= 0.3 is 0 Å². The second kappa shape index (κ2) is 18.9. The molecule has 1 N–H and O–H groups in total. The zero-order valence-corrected chi connectivity index (χ0v) is 51.9. The summed E-state index contributed by atoms with van der Waals surface area (Å²) < 4.78 is 5.19. The molecule has 0 aliphatic carbocycles. The van der Waals surface area contributed by atoms with Gasteiger partial charge in [0.25, 0.3) is 0 Å². The predicted molar refractivity (Wildman–Crippen MR) is 371 cm³/mol. The van der Waals surface area contributed by atoms with Gasteiger partial charge in [-0.15, -0.1) is 11.3 Å². The molecule has 15 rings (SSSR count). The van der Waals surface area contributed by atoms with Gasteiger partial charge in [-0.2, -0.15) is 0 Å². The van der Waals surface area contributed by atoms with Gasteiger partial charge in [0.1, 0.15) is 0 Å². The van der Waals surface area contributed by atoms with E-state index >= 15 is 0 Å². The van der Waals surface area contributed by atoms with Crippen molar-refractivity contribution in [3.05, 3.63) is 235 Å². The highest BCUT2D eigenvalue weighted by molar-refractivity contribution is 7.26. The number of fused-ring (bicyclic) bond motifs is 12. The number of benzene rings is 11. The van der Waals surface area contributed by atoms with Crippen molar-refractivity contribution in [2.75, 3.05) is 0 Å². The van der Waals surface area contributed by atoms with Gasteiger partial charge in [0.2, 0.25) is 0 Å². The van der Waals surface area contributed by atoms with Crippen molar-refractivity contribution in [1.82, 2.24) is 9.38 Å². The molecule has 0 bridgehead atoms. The van der Waals surface area contributed by atoms with E-state index in [1.165, 1.54) is 164 Å². The van der Waals surface area contributed by atoms with Gasteiger partial charge in [-0.25, -0.2) is 0 Å². The van der Waals surface area contributed by atoms with E-state index < -0.39 is 0 Å². The van der Waals surface area contributed by atoms with Crippen LogP contribution in [-0.4, -0.2) is 9.38 Å². The Morgan fingerprint density at radius 3 is 1.32 bits per heavy atom. The molecule has 0 amide bonds. The molecule has 11 aromatic carbocycles. The van der Waals surface area contributed by atoms with Crippen LogP contribution in [0.1, 0.15) is 105 Å². The van der Waals surface area contributed by atoms with Crippen LogP contribution in [0.4, 0.5) is 0 Å². The van der Waals surface area contributed by atoms with Crippen LogP contribution < -0.4 is 0 Å². The average Bonchev–Trinajstić information content (AvgIpc) is 1.60. The van der Waals surface area contributed by atoms with Gasteiger partial charge in [-0.05, 0) is 178 Å². The first kappa shape index (κ1) is 53.0. The molecule has 0 saturated carbocycles. The summed E-state index contributed by atoms with van der Waals surface area (Å²) in [5, 5.41) is 10.1. The Morgan fingerprint density at radius 2 is 0.741 bits per heavy atom. The molecule has 0 aliphatic rings. The van der Waals surface area contributed by atoms with Gasteiger partial charge in [-0.3, -0.25) is 0 Å². The molecule has 2 nitrogen and oxygen atoms in total. The maximum atomic E-state index is 4.17. The average molecular weight is 1120 g/mol. The summed E-state index contributed by atoms with van der Waals surface area (Å²) in [6, 6.07) is 81.4. The minimum absolute atomic E-state index is 0.00137. The van der Waals surface area contributed by atoms with Crippen LogP contribution in [0.2, 0.25) is 0 Å². The number of nitrogens with one attached hydrogen (secondary N) is 1. The zero-order valence-electron chi connectivity index (χ0n) is 51.1. The Balaban J connectivity index is 0.998. The molecule has 0 aliphatic heterocycles. The summed E-state index contributed by atoms with van der Waals surface area (Å²) >= 11 is 1.90. The van der Waals surface area contributed by atoms with Crippen LogP contribution in [0.25, 0.3) is 147 Å². The summed E-state index contributed by atoms with van der Waals surface area (Å²) in [5.74, 6) is 0. The van der Waals surface area contributed by atoms with Crippen molar-refractivity contribution in [2.45, 2.75) is 105 Å². The highest BCUT2D eigenvalue weighted by Gasteiger charge is 2.27. The number of aromatic nitrogens is 2. The standard InChI is InChI=1S/C82H72N2S/c1-79(2,3)59-36-56(37-60(43-59)80(4,5)6)51-30-31-72-65(40-51)68-41-58(57-38-61(81(7,8)9)44-62(39-57)82(10,11)12)42-69-66-46-71-64(47-73(66)84(72)77(68)69)67-45-70-63-28-19-20-29-74(63)85-78(70)75(76(67)83-71)52-27-21-26-50(32-52)55-34-53(48-22-15-13-16-23-48)33-54(35-55)49-24-17-14-18-25-49/h13-47,83H,1-12H3. The minimum atomic E-state index is -0.0243. The van der Waals surface area contributed by atoms with Crippen molar-refractivity contribution < 1.29 is 0 Å². The first-order chi connectivity index (χ1) is 40.6. The lowest BCUT2D eigenvalue weighted by Gasteiger charge is -2.26. The maximum Gasteiger partial charge on any atom is 0.0620 e. The number of H-pyrrole nitrogens is 1. The van der Waals surface area contributed by atoms with Crippen LogP contribution in [-0.2, 0) is 21.7 Å². The van der Waals surface area contributed by atoms with E-state index in [1.54, 1.807) is 0 Å². The van der Waals surface area contributed by atoms with E-state index in [4.69, 9.17) is 0 Å². The molecular weight excluding hydrogens is 1040 g/mol. The van der Waals surface area contributed by atoms with Crippen molar-refractivity contribution in [1.29, 1.82) is 0 Å². The molecular formula is C82H72N2S. The molecule has 0 spiro atoms. The SMILES string of the molecule is CC(C)(C)c1cc(-c2ccc3c(c2)c2cc(-c4cc(C(C)(C)C)cc(C(C)(C)C)c4)cc4c5cc6[nH]c7c(-c8cccc(-c9cc(-c%10ccccc%10)cc(-c%10ccccc%10)c9)c8)c8sc9ccccc9c8cc7c6cc5n3c24)cc(C(C)(C)C)c1. The fourth-order valence-corrected chi connectivity index (χ4v) is 14.7. The molecule has 4 heterocycles. The Kier molecular flexibility index (Phi) is 11.8. The quantitative estimate of drug-likeness (QED) is 0.171. The molecule has 3 heteroatoms. The summed E-state index contributed by atoms with van der Waals surface area (Å²) in [5.41, 5.74) is 26.1. The van der Waals surface area contributed by atoms with Crippen LogP contribution in [0, 0.1) is 0 Å². The number of nitrogens with zero attached hydrogens (tertiary/aromatic N) is 1. The number of rotatable bonds is 6. The molecule has 4 aromatic heterocycles. The summed E-state index contributed by atoms with van der Waals surface area (Å²) in [6.45, 7) is 28.1. The minimum Gasteiger partial charge on any atom is -0.354 e. The van der Waals surface area contributed by atoms with Crippen molar-refractivity contribution in [3.63, 3.8) is 0 Å². The summed E-state index contributed by atoms with van der Waals surface area (Å²) in [6.07, 6.45) is 0. The molecule has 0 fully saturated rings. The first-order valence-corrected chi connectivity index (χ1v) is 31.2. The summed E-state index contributed by atoms with van der Waals surface area (Å²) in [7, 11) is 0. The van der Waals surface area contributed by atoms with Gasteiger partial charge in [0, 0.05) is 63.6 Å². The Labute approximate surface area is 503 Å². The van der Waals surface area contributed by atoms with Crippen LogP contribution >= 0.6 is 11.3 Å². The third kappa shape index (κ3) is 8.88. The molecule has 0 atom stereocenters. The zero-order chi connectivity index (χ0) is 58.6. The van der Waals surface area contributed by atoms with Gasteiger partial charge < -0.3 is 9.38 Å². The van der Waals surface area contributed by atoms with E-state index in [2.05, 4.69) is 305 Å². The summed E-state index contributed by atoms with van der Waals surface area (Å²) in [4.78, 5) is 4.17. The maximum absolute atomic E-state index is 4.17. The largest absolute Gasteiger partial charge is 0.354 e. The second-order valence-corrected chi connectivity index (χ2v) is 29.4. The second-order valence-electron chi connectivity index (χ2n) is 28.4. The highest BCUT2D eigenvalue weighted by atomic mass is 32.1. The van der Waals surface area contributed by atoms with Gasteiger partial charge in [-0.1, -0.05) is 223 Å². The number of thiophene rings is 1. The number of hydrogen-bond acceptors (Lipinski definition) is 1. The van der Waals surface area contributed by atoms with Crippen molar-refractivity contribution >= 4 is 91.4 Å². The van der Waals surface area contributed by atoms with Gasteiger partial charge in [0.15, 0.2) is 0 Å². The number of aromatic amines is 1. The molecule has 15 aromatic rings. The van der Waals surface area contributed by atoms with Crippen molar-refractivity contribution in [3.8, 4) is 66.8 Å².